The zero-order valence-electron chi connectivity index (χ0n) is 16.0. The largest absolute Gasteiger partial charge is 0.353 e. The predicted molar refractivity (Wildman–Crippen MR) is 117 cm³/mol. The van der Waals surface area contributed by atoms with Gasteiger partial charge in [-0.1, -0.05) is 30.1 Å². The summed E-state index contributed by atoms with van der Waals surface area (Å²) in [5, 5.41) is 3.78. The second kappa shape index (κ2) is 8.17. The van der Waals surface area contributed by atoms with Crippen LogP contribution in [0, 0.1) is 6.92 Å². The number of fused-ring (bicyclic) bond motifs is 1. The lowest BCUT2D eigenvalue weighted by molar-refractivity contribution is 0.599. The number of benzene rings is 1. The Morgan fingerprint density at radius 3 is 2.62 bits per heavy atom. The number of aromatic nitrogens is 3. The fourth-order valence-corrected chi connectivity index (χ4v) is 4.47. The van der Waals surface area contributed by atoms with Crippen LogP contribution in [0.3, 0.4) is 0 Å². The zero-order chi connectivity index (χ0) is 21.3. The van der Waals surface area contributed by atoms with Crippen LogP contribution in [0.1, 0.15) is 18.9 Å². The van der Waals surface area contributed by atoms with Crippen LogP contribution in [-0.2, 0) is 17.1 Å². The summed E-state index contributed by atoms with van der Waals surface area (Å²) in [5.74, 6) is -0.0840. The maximum atomic E-state index is 12.5. The van der Waals surface area contributed by atoms with Crippen LogP contribution in [0.4, 0.5) is 17.2 Å². The number of sulfonamides is 1. The number of anilines is 3. The second-order valence-electron chi connectivity index (χ2n) is 6.48. The number of nitrogens with one attached hydrogen (secondary N) is 2. The van der Waals surface area contributed by atoms with Gasteiger partial charge in [0, 0.05) is 12.7 Å². The van der Waals surface area contributed by atoms with Gasteiger partial charge in [0.15, 0.2) is 5.82 Å². The minimum absolute atomic E-state index is 0.0239. The molecule has 0 atom stereocenters. The third kappa shape index (κ3) is 4.31. The summed E-state index contributed by atoms with van der Waals surface area (Å²) in [6.45, 7) is 3.53. The molecule has 0 aliphatic rings. The van der Waals surface area contributed by atoms with Crippen molar-refractivity contribution in [3.63, 3.8) is 0 Å². The first-order valence-corrected chi connectivity index (χ1v) is 11.1. The third-order valence-corrected chi connectivity index (χ3v) is 6.41. The van der Waals surface area contributed by atoms with E-state index < -0.39 is 10.0 Å². The molecule has 2 N–H and O–H groups in total. The van der Waals surface area contributed by atoms with E-state index in [0.717, 1.165) is 0 Å². The van der Waals surface area contributed by atoms with E-state index in [-0.39, 0.29) is 32.9 Å². The molecule has 0 radical (unpaired) electrons. The number of nitrogens with zero attached hydrogens (tertiary/aromatic N) is 3. The van der Waals surface area contributed by atoms with Gasteiger partial charge in [-0.3, -0.25) is 9.52 Å². The summed E-state index contributed by atoms with van der Waals surface area (Å²) in [4.78, 5) is 20.8. The Balaban J connectivity index is 2.07. The molecule has 0 aliphatic carbocycles. The highest BCUT2D eigenvalue weighted by Crippen LogP contribution is 2.38. The van der Waals surface area contributed by atoms with E-state index in [4.69, 9.17) is 23.2 Å². The number of hydrogen-bond donors (Lipinski definition) is 2. The second-order valence-corrected chi connectivity index (χ2v) is 9.11. The monoisotopic (exact) mass is 455 g/mol. The summed E-state index contributed by atoms with van der Waals surface area (Å²) in [7, 11) is -1.95. The summed E-state index contributed by atoms with van der Waals surface area (Å²) in [5.41, 5.74) is 1.90. The number of halogens is 2. The average Bonchev–Trinajstić information content (AvgIpc) is 2.65. The van der Waals surface area contributed by atoms with Crippen LogP contribution in [0.5, 0.6) is 0 Å². The number of aryl methyl sites for hydroxylation is 2. The molecule has 0 saturated heterocycles. The molecule has 0 bridgehead atoms. The SMILES string of the molecule is CCCS(=O)(=O)Nc1ncc(Cl)c(Nc2ccc3ncn(C)c(=O)c3c2C)c1Cl. The molecule has 29 heavy (non-hydrogen) atoms. The van der Waals surface area contributed by atoms with E-state index in [0.29, 0.717) is 28.6 Å². The molecule has 0 aliphatic heterocycles. The van der Waals surface area contributed by atoms with Crippen LogP contribution in [0.2, 0.25) is 10.0 Å². The molecule has 2 heterocycles. The predicted octanol–water partition coefficient (Wildman–Crippen LogP) is 3.84. The fraction of sp³-hybridized carbons (Fsp3) is 0.278. The highest BCUT2D eigenvalue weighted by molar-refractivity contribution is 7.92. The first-order valence-electron chi connectivity index (χ1n) is 8.71. The smallest absolute Gasteiger partial charge is 0.261 e. The molecule has 154 valence electrons. The molecule has 11 heteroatoms. The van der Waals surface area contributed by atoms with E-state index in [2.05, 4.69) is 20.0 Å². The van der Waals surface area contributed by atoms with Gasteiger partial charge in [-0.05, 0) is 31.0 Å². The quantitative estimate of drug-likeness (QED) is 0.584. The Morgan fingerprint density at radius 2 is 1.93 bits per heavy atom. The number of rotatable bonds is 6. The van der Waals surface area contributed by atoms with E-state index in [1.54, 1.807) is 33.0 Å². The average molecular weight is 456 g/mol. The van der Waals surface area contributed by atoms with Gasteiger partial charge in [0.05, 0.1) is 39.9 Å². The summed E-state index contributed by atoms with van der Waals surface area (Å²) in [6, 6.07) is 3.46. The van der Waals surface area contributed by atoms with E-state index in [9.17, 15) is 13.2 Å². The third-order valence-electron chi connectivity index (χ3n) is 4.31. The zero-order valence-corrected chi connectivity index (χ0v) is 18.3. The van der Waals surface area contributed by atoms with Crippen molar-refractivity contribution in [2.24, 2.45) is 7.05 Å². The molecule has 2 aromatic heterocycles. The molecular formula is C18H19Cl2N5O3S. The number of hydrogen-bond acceptors (Lipinski definition) is 6. The van der Waals surface area contributed by atoms with Crippen molar-refractivity contribution in [1.29, 1.82) is 0 Å². The summed E-state index contributed by atoms with van der Waals surface area (Å²) >= 11 is 12.6. The fourth-order valence-electron chi connectivity index (χ4n) is 2.84. The molecule has 0 spiro atoms. The Labute approximate surface area is 177 Å². The highest BCUT2D eigenvalue weighted by atomic mass is 35.5. The van der Waals surface area contributed by atoms with Crippen molar-refractivity contribution >= 4 is 61.3 Å². The van der Waals surface area contributed by atoms with Crippen molar-refractivity contribution in [2.45, 2.75) is 20.3 Å². The lowest BCUT2D eigenvalue weighted by Crippen LogP contribution is -2.18. The standard InChI is InChI=1S/C18H19Cl2N5O3S/c1-4-7-29(27,28)24-17-15(20)16(11(19)8-21-17)23-12-5-6-13-14(10(12)2)18(26)25(3)9-22-13/h5-6,8-9H,4,7H2,1-3H3,(H2,21,23,24). The first-order chi connectivity index (χ1) is 13.6. The van der Waals surface area contributed by atoms with Gasteiger partial charge in [0.2, 0.25) is 10.0 Å². The topological polar surface area (TPSA) is 106 Å². The lowest BCUT2D eigenvalue weighted by Gasteiger charge is -2.16. The first kappa shape index (κ1) is 21.4. The van der Waals surface area contributed by atoms with E-state index >= 15 is 0 Å². The van der Waals surface area contributed by atoms with Crippen LogP contribution >= 0.6 is 23.2 Å². The normalized spacial score (nSPS) is 11.6. The molecule has 3 aromatic rings. The molecule has 0 amide bonds. The van der Waals surface area contributed by atoms with Gasteiger partial charge in [0.1, 0.15) is 5.02 Å². The van der Waals surface area contributed by atoms with Gasteiger partial charge in [0.25, 0.3) is 5.56 Å². The maximum Gasteiger partial charge on any atom is 0.261 e. The summed E-state index contributed by atoms with van der Waals surface area (Å²) in [6.07, 6.45) is 3.21. The Morgan fingerprint density at radius 1 is 1.21 bits per heavy atom. The molecule has 3 rings (SSSR count). The van der Waals surface area contributed by atoms with Crippen molar-refractivity contribution < 1.29 is 8.42 Å². The highest BCUT2D eigenvalue weighted by Gasteiger charge is 2.18. The van der Waals surface area contributed by atoms with Crippen LogP contribution < -0.4 is 15.6 Å². The molecule has 1 aromatic carbocycles. The molecule has 8 nitrogen and oxygen atoms in total. The Hall–Kier alpha value is -2.36. The van der Waals surface area contributed by atoms with Gasteiger partial charge < -0.3 is 9.88 Å². The Bertz CT molecular complexity index is 1260. The molecule has 0 unspecified atom stereocenters. The van der Waals surface area contributed by atoms with Crippen molar-refractivity contribution in [3.05, 3.63) is 50.6 Å². The van der Waals surface area contributed by atoms with Gasteiger partial charge in [-0.2, -0.15) is 0 Å². The van der Waals surface area contributed by atoms with E-state index in [1.165, 1.54) is 17.1 Å². The van der Waals surface area contributed by atoms with Gasteiger partial charge in [-0.25, -0.2) is 18.4 Å². The van der Waals surface area contributed by atoms with Crippen LogP contribution in [0.25, 0.3) is 10.9 Å². The van der Waals surface area contributed by atoms with Crippen molar-refractivity contribution in [1.82, 2.24) is 14.5 Å². The van der Waals surface area contributed by atoms with Crippen LogP contribution in [0.15, 0.2) is 29.5 Å². The molecule has 0 fully saturated rings. The molecular weight excluding hydrogens is 437 g/mol. The van der Waals surface area contributed by atoms with Crippen molar-refractivity contribution in [2.75, 3.05) is 15.8 Å². The van der Waals surface area contributed by atoms with E-state index in [1.807, 2.05) is 0 Å². The lowest BCUT2D eigenvalue weighted by atomic mass is 10.1. The van der Waals surface area contributed by atoms with Gasteiger partial charge >= 0.3 is 0 Å². The minimum Gasteiger partial charge on any atom is -0.353 e. The molecule has 0 saturated carbocycles. The van der Waals surface area contributed by atoms with Crippen molar-refractivity contribution in [3.8, 4) is 0 Å². The summed E-state index contributed by atoms with van der Waals surface area (Å²) < 4.78 is 27.9. The Kier molecular flexibility index (Phi) is 6.02. The van der Waals surface area contributed by atoms with Crippen LogP contribution in [-0.4, -0.2) is 28.7 Å². The number of pyridine rings is 1. The maximum absolute atomic E-state index is 12.5. The van der Waals surface area contributed by atoms with Gasteiger partial charge in [-0.15, -0.1) is 0 Å². The minimum atomic E-state index is -3.58.